The van der Waals surface area contributed by atoms with E-state index >= 15 is 0 Å². The fourth-order valence-corrected chi connectivity index (χ4v) is 0.715. The van der Waals surface area contributed by atoms with Crippen LogP contribution in [0.3, 0.4) is 0 Å². The average Bonchev–Trinajstić information content (AvgIpc) is 1.97. The number of halogens is 1. The second kappa shape index (κ2) is 2.74. The number of nitrogens with two attached hydrogens (primary N) is 1. The second-order valence-corrected chi connectivity index (χ2v) is 2.16. The number of nitrogen functional groups attached to an aromatic ring is 1. The summed E-state index contributed by atoms with van der Waals surface area (Å²) in [5, 5.41) is 0. The van der Waals surface area contributed by atoms with Crippen molar-refractivity contribution < 1.29 is 9.13 Å². The molecule has 0 spiro atoms. The molecule has 0 aromatic carbocycles. The number of hydrogen-bond acceptors (Lipinski definition) is 3. The van der Waals surface area contributed by atoms with Crippen LogP contribution in [0.2, 0.25) is 0 Å². The first-order chi connectivity index (χ1) is 5.15. The number of hydrogen-bond donors (Lipinski definition) is 1. The van der Waals surface area contributed by atoms with Crippen molar-refractivity contribution in [2.24, 2.45) is 0 Å². The standard InChI is InChI=1S/C7H9FN2O/c1-4-5(9)3-6(11-2)7(8)10-4/h3H,9H2,1-2H3. The van der Waals surface area contributed by atoms with Gasteiger partial charge in [-0.05, 0) is 6.92 Å². The summed E-state index contributed by atoms with van der Waals surface area (Å²) in [6.45, 7) is 1.64. The largest absolute Gasteiger partial charge is 0.492 e. The molecule has 0 atom stereocenters. The summed E-state index contributed by atoms with van der Waals surface area (Å²) < 4.78 is 17.4. The van der Waals surface area contributed by atoms with Gasteiger partial charge in [-0.2, -0.15) is 4.39 Å². The monoisotopic (exact) mass is 156 g/mol. The third-order valence-electron chi connectivity index (χ3n) is 1.39. The van der Waals surface area contributed by atoms with Crippen molar-refractivity contribution in [3.63, 3.8) is 0 Å². The Labute approximate surface area is 64.0 Å². The number of aromatic nitrogens is 1. The Morgan fingerprint density at radius 1 is 1.64 bits per heavy atom. The molecule has 0 bridgehead atoms. The van der Waals surface area contributed by atoms with Crippen molar-refractivity contribution in [3.8, 4) is 5.75 Å². The first-order valence-electron chi connectivity index (χ1n) is 3.11. The molecule has 0 unspecified atom stereocenters. The lowest BCUT2D eigenvalue weighted by Gasteiger charge is -2.03. The molecule has 0 amide bonds. The van der Waals surface area contributed by atoms with E-state index in [4.69, 9.17) is 5.73 Å². The van der Waals surface area contributed by atoms with Gasteiger partial charge in [0, 0.05) is 6.07 Å². The molecule has 0 saturated heterocycles. The van der Waals surface area contributed by atoms with E-state index in [1.165, 1.54) is 13.2 Å². The number of pyridine rings is 1. The van der Waals surface area contributed by atoms with Crippen molar-refractivity contribution in [1.29, 1.82) is 0 Å². The first-order valence-corrected chi connectivity index (χ1v) is 3.11. The molecule has 1 rings (SSSR count). The maximum Gasteiger partial charge on any atom is 0.255 e. The summed E-state index contributed by atoms with van der Waals surface area (Å²) in [6.07, 6.45) is 0. The normalized spacial score (nSPS) is 9.73. The molecule has 1 heterocycles. The Balaban J connectivity index is 3.21. The summed E-state index contributed by atoms with van der Waals surface area (Å²) in [5.74, 6) is -0.549. The minimum absolute atomic E-state index is 0.0769. The number of nitrogens with zero attached hydrogens (tertiary/aromatic N) is 1. The minimum atomic E-state index is -0.626. The highest BCUT2D eigenvalue weighted by Crippen LogP contribution is 2.19. The predicted molar refractivity (Wildman–Crippen MR) is 39.9 cm³/mol. The van der Waals surface area contributed by atoms with Crippen molar-refractivity contribution >= 4 is 5.69 Å². The highest BCUT2D eigenvalue weighted by atomic mass is 19.1. The Morgan fingerprint density at radius 3 is 2.82 bits per heavy atom. The van der Waals surface area contributed by atoms with E-state index in [2.05, 4.69) is 9.72 Å². The lowest BCUT2D eigenvalue weighted by molar-refractivity contribution is 0.377. The van der Waals surface area contributed by atoms with Gasteiger partial charge in [0.2, 0.25) is 0 Å². The van der Waals surface area contributed by atoms with E-state index < -0.39 is 5.95 Å². The van der Waals surface area contributed by atoms with Crippen LogP contribution in [-0.4, -0.2) is 12.1 Å². The van der Waals surface area contributed by atoms with E-state index in [1.807, 2.05) is 0 Å². The summed E-state index contributed by atoms with van der Waals surface area (Å²) in [7, 11) is 1.37. The van der Waals surface area contributed by atoms with E-state index in [9.17, 15) is 4.39 Å². The van der Waals surface area contributed by atoms with Gasteiger partial charge in [0.15, 0.2) is 5.75 Å². The van der Waals surface area contributed by atoms with Crippen LogP contribution in [0, 0.1) is 12.9 Å². The molecule has 60 valence electrons. The minimum Gasteiger partial charge on any atom is -0.492 e. The van der Waals surface area contributed by atoms with Gasteiger partial charge in [-0.1, -0.05) is 0 Å². The van der Waals surface area contributed by atoms with Gasteiger partial charge in [-0.3, -0.25) is 0 Å². The number of rotatable bonds is 1. The van der Waals surface area contributed by atoms with Crippen LogP contribution >= 0.6 is 0 Å². The summed E-state index contributed by atoms with van der Waals surface area (Å²) in [6, 6.07) is 1.41. The van der Waals surface area contributed by atoms with Gasteiger partial charge >= 0.3 is 0 Å². The molecular formula is C7H9FN2O. The second-order valence-electron chi connectivity index (χ2n) is 2.16. The zero-order valence-electron chi connectivity index (χ0n) is 6.39. The number of ether oxygens (including phenoxy) is 1. The molecule has 4 heteroatoms. The van der Waals surface area contributed by atoms with Gasteiger partial charge < -0.3 is 10.5 Å². The lowest BCUT2D eigenvalue weighted by Crippen LogP contribution is -1.98. The smallest absolute Gasteiger partial charge is 0.255 e. The van der Waals surface area contributed by atoms with E-state index in [0.29, 0.717) is 11.4 Å². The summed E-state index contributed by atoms with van der Waals surface area (Å²) in [4.78, 5) is 3.53. The van der Waals surface area contributed by atoms with E-state index in [0.717, 1.165) is 0 Å². The van der Waals surface area contributed by atoms with E-state index in [1.54, 1.807) is 6.92 Å². The Kier molecular flexibility index (Phi) is 1.94. The van der Waals surface area contributed by atoms with Crippen molar-refractivity contribution in [3.05, 3.63) is 17.7 Å². The van der Waals surface area contributed by atoms with Crippen LogP contribution in [-0.2, 0) is 0 Å². The zero-order chi connectivity index (χ0) is 8.43. The highest BCUT2D eigenvalue weighted by Gasteiger charge is 2.05. The summed E-state index contributed by atoms with van der Waals surface area (Å²) in [5.41, 5.74) is 6.36. The maximum absolute atomic E-state index is 12.7. The molecule has 0 fully saturated rings. The highest BCUT2D eigenvalue weighted by molar-refractivity contribution is 5.46. The Hall–Kier alpha value is -1.32. The third-order valence-corrected chi connectivity index (χ3v) is 1.39. The SMILES string of the molecule is COc1cc(N)c(C)nc1F. The predicted octanol–water partition coefficient (Wildman–Crippen LogP) is 1.12. The van der Waals surface area contributed by atoms with Crippen LogP contribution in [0.15, 0.2) is 6.07 Å². The van der Waals surface area contributed by atoms with Crippen LogP contribution < -0.4 is 10.5 Å². The van der Waals surface area contributed by atoms with Gasteiger partial charge in [0.05, 0.1) is 18.5 Å². The molecule has 0 aliphatic heterocycles. The molecule has 1 aromatic heterocycles. The molecular weight excluding hydrogens is 147 g/mol. The Morgan fingerprint density at radius 2 is 2.27 bits per heavy atom. The molecule has 0 saturated carbocycles. The fourth-order valence-electron chi connectivity index (χ4n) is 0.715. The van der Waals surface area contributed by atoms with Crippen LogP contribution in [0.25, 0.3) is 0 Å². The fraction of sp³-hybridized carbons (Fsp3) is 0.286. The average molecular weight is 156 g/mol. The molecule has 1 aromatic rings. The number of aryl methyl sites for hydroxylation is 1. The van der Waals surface area contributed by atoms with Gasteiger partial charge in [-0.25, -0.2) is 4.98 Å². The molecule has 0 aliphatic carbocycles. The number of anilines is 1. The molecule has 0 radical (unpaired) electrons. The van der Waals surface area contributed by atoms with Crippen LogP contribution in [0.1, 0.15) is 5.69 Å². The molecule has 3 nitrogen and oxygen atoms in total. The lowest BCUT2D eigenvalue weighted by atomic mass is 10.3. The van der Waals surface area contributed by atoms with Gasteiger partial charge in [-0.15, -0.1) is 0 Å². The van der Waals surface area contributed by atoms with Gasteiger partial charge in [0.1, 0.15) is 0 Å². The van der Waals surface area contributed by atoms with Crippen molar-refractivity contribution in [1.82, 2.24) is 4.98 Å². The first kappa shape index (κ1) is 7.78. The molecule has 2 N–H and O–H groups in total. The summed E-state index contributed by atoms with van der Waals surface area (Å²) >= 11 is 0. The zero-order valence-corrected chi connectivity index (χ0v) is 6.39. The van der Waals surface area contributed by atoms with E-state index in [-0.39, 0.29) is 5.75 Å². The Bertz CT molecular complexity index is 275. The molecule has 0 aliphatic rings. The van der Waals surface area contributed by atoms with Crippen LogP contribution in [0.4, 0.5) is 10.1 Å². The number of methoxy groups -OCH3 is 1. The van der Waals surface area contributed by atoms with Crippen LogP contribution in [0.5, 0.6) is 5.75 Å². The third kappa shape index (κ3) is 1.39. The quantitative estimate of drug-likeness (QED) is 0.620. The van der Waals surface area contributed by atoms with Crippen molar-refractivity contribution in [2.45, 2.75) is 6.92 Å². The van der Waals surface area contributed by atoms with Crippen molar-refractivity contribution in [2.75, 3.05) is 12.8 Å². The topological polar surface area (TPSA) is 48.1 Å². The van der Waals surface area contributed by atoms with Gasteiger partial charge in [0.25, 0.3) is 5.95 Å². The molecule has 11 heavy (non-hydrogen) atoms. The maximum atomic E-state index is 12.7.